The molecule has 0 aliphatic carbocycles. The Balaban J connectivity index is 2.84. The van der Waals surface area contributed by atoms with E-state index in [4.69, 9.17) is 23.7 Å². The molecule has 0 aromatic heterocycles. The number of phenolic OH excluding ortho intramolecular Hbond substituents is 1. The van der Waals surface area contributed by atoms with Gasteiger partial charge in [-0.3, -0.25) is 4.99 Å². The van der Waals surface area contributed by atoms with Crippen LogP contribution in [-0.2, 0) is 4.79 Å². The Hall–Kier alpha value is -3.15. The number of phenols is 1. The second-order valence-electron chi connectivity index (χ2n) is 4.87. The van der Waals surface area contributed by atoms with Gasteiger partial charge in [0.15, 0.2) is 11.0 Å². The third-order valence-electron chi connectivity index (χ3n) is 3.03. The number of guanidine groups is 1. The smallest absolute Gasteiger partial charge is 0.334 e. The number of aliphatic imine (C=N–C) groups is 1. The minimum absolute atomic E-state index is 0.000765. The molecule has 0 bridgehead atoms. The molecule has 1 aromatic rings. The zero-order valence-electron chi connectivity index (χ0n) is 13.0. The van der Waals surface area contributed by atoms with Crippen molar-refractivity contribution in [2.45, 2.75) is 18.9 Å². The maximum Gasteiger partial charge on any atom is 0.334 e. The fraction of sp³-hybridized carbons (Fsp3) is 0.308. The van der Waals surface area contributed by atoms with Crippen LogP contribution in [0.1, 0.15) is 18.4 Å². The highest BCUT2D eigenvalue weighted by molar-refractivity contribution is 7.80. The predicted octanol–water partition coefficient (Wildman–Crippen LogP) is -0.427. The van der Waals surface area contributed by atoms with Gasteiger partial charge in [0, 0.05) is 12.1 Å². The lowest BCUT2D eigenvalue weighted by molar-refractivity contribution is -0.672. The first-order chi connectivity index (χ1) is 11.7. The third-order valence-corrected chi connectivity index (χ3v) is 3.36. The summed E-state index contributed by atoms with van der Waals surface area (Å²) in [5.41, 5.74) is 13.0. The van der Waals surface area contributed by atoms with Crippen LogP contribution in [0.25, 0.3) is 0 Å². The average molecular weight is 370 g/mol. The van der Waals surface area contributed by atoms with Gasteiger partial charge in [0.25, 0.3) is 0 Å². The maximum absolute atomic E-state index is 11.4. The standard InChI is InChI=1S/C13H18N6O5S/c14-13(15)16-7-1-2-10(12(21)22)18(19(23)24)17-11(25)8-3-5-9(20)6-4-8/h3-6,10,20H,1-2,7H2,(H,17,25)(H,21,22)(H4,14,15,16)/t10-/m0/s1. The monoisotopic (exact) mass is 370 g/mol. The van der Waals surface area contributed by atoms with E-state index in [1.807, 2.05) is 0 Å². The predicted molar refractivity (Wildman–Crippen MR) is 93.1 cm³/mol. The highest BCUT2D eigenvalue weighted by Gasteiger charge is 2.34. The quantitative estimate of drug-likeness (QED) is 0.0955. The molecule has 0 fully saturated rings. The molecule has 0 heterocycles. The van der Waals surface area contributed by atoms with Gasteiger partial charge in [0.05, 0.1) is 0 Å². The summed E-state index contributed by atoms with van der Waals surface area (Å²) in [7, 11) is 0. The Morgan fingerprint density at radius 2 is 2.00 bits per heavy atom. The van der Waals surface area contributed by atoms with E-state index in [0.29, 0.717) is 10.7 Å². The molecule has 7 N–H and O–H groups in total. The molecule has 0 saturated heterocycles. The van der Waals surface area contributed by atoms with Crippen LogP contribution in [0, 0.1) is 10.1 Å². The minimum atomic E-state index is -1.49. The molecular weight excluding hydrogens is 352 g/mol. The van der Waals surface area contributed by atoms with Crippen molar-refractivity contribution in [2.75, 3.05) is 6.54 Å². The summed E-state index contributed by atoms with van der Waals surface area (Å²) in [6, 6.07) is 4.10. The SMILES string of the molecule is NC(N)=NCCC[C@@H](C(=O)O)N(NC(=S)c1ccc(O)cc1)[N+](=O)[O-]. The number of hydrazine groups is 2. The van der Waals surface area contributed by atoms with Gasteiger partial charge in [-0.1, -0.05) is 12.2 Å². The minimum Gasteiger partial charge on any atom is -0.508 e. The van der Waals surface area contributed by atoms with Crippen LogP contribution >= 0.6 is 12.2 Å². The Morgan fingerprint density at radius 1 is 1.40 bits per heavy atom. The van der Waals surface area contributed by atoms with Crippen molar-refractivity contribution in [3.8, 4) is 5.75 Å². The summed E-state index contributed by atoms with van der Waals surface area (Å²) in [6.07, 6.45) is 0.130. The number of aromatic hydroxyl groups is 1. The van der Waals surface area contributed by atoms with Crippen molar-refractivity contribution in [1.82, 2.24) is 10.5 Å². The number of aliphatic carboxylic acids is 1. The van der Waals surface area contributed by atoms with Crippen molar-refractivity contribution in [2.24, 2.45) is 16.5 Å². The zero-order chi connectivity index (χ0) is 19.0. The van der Waals surface area contributed by atoms with Gasteiger partial charge >= 0.3 is 5.97 Å². The van der Waals surface area contributed by atoms with Crippen LogP contribution in [0.5, 0.6) is 5.75 Å². The number of hydrogen-bond acceptors (Lipinski definition) is 6. The number of thiocarbonyl (C=S) groups is 1. The summed E-state index contributed by atoms with van der Waals surface area (Å²) in [6.45, 7) is 0.139. The number of nitrogens with zero attached hydrogens (tertiary/aromatic N) is 3. The van der Waals surface area contributed by atoms with E-state index in [9.17, 15) is 25.1 Å². The van der Waals surface area contributed by atoms with E-state index in [1.54, 1.807) is 0 Å². The number of carbonyl (C=O) groups is 1. The first-order valence-electron chi connectivity index (χ1n) is 7.04. The summed E-state index contributed by atoms with van der Waals surface area (Å²) >= 11 is 5.05. The van der Waals surface area contributed by atoms with E-state index in [2.05, 4.69) is 10.4 Å². The van der Waals surface area contributed by atoms with E-state index in [1.165, 1.54) is 24.3 Å². The van der Waals surface area contributed by atoms with E-state index >= 15 is 0 Å². The lowest BCUT2D eigenvalue weighted by atomic mass is 10.1. The van der Waals surface area contributed by atoms with Gasteiger partial charge in [0.2, 0.25) is 6.04 Å². The van der Waals surface area contributed by atoms with Gasteiger partial charge in [0.1, 0.15) is 10.7 Å². The molecule has 0 unspecified atom stereocenters. The van der Waals surface area contributed by atoms with Crippen LogP contribution in [-0.4, -0.2) is 49.9 Å². The van der Waals surface area contributed by atoms with Crippen LogP contribution in [0.2, 0.25) is 0 Å². The van der Waals surface area contributed by atoms with Crippen molar-refractivity contribution < 1.29 is 20.0 Å². The normalized spacial score (nSPS) is 11.2. The molecule has 12 heteroatoms. The van der Waals surface area contributed by atoms with Gasteiger partial charge in [-0.2, -0.15) is 0 Å². The van der Waals surface area contributed by atoms with Crippen LogP contribution in [0.3, 0.4) is 0 Å². The van der Waals surface area contributed by atoms with Gasteiger partial charge in [-0.15, -0.1) is 0 Å². The molecule has 0 aliphatic heterocycles. The highest BCUT2D eigenvalue weighted by Crippen LogP contribution is 2.12. The second-order valence-corrected chi connectivity index (χ2v) is 5.28. The summed E-state index contributed by atoms with van der Waals surface area (Å²) in [4.78, 5) is 26.3. The summed E-state index contributed by atoms with van der Waals surface area (Å²) in [5.74, 6) is -1.55. The zero-order valence-corrected chi connectivity index (χ0v) is 13.8. The summed E-state index contributed by atoms with van der Waals surface area (Å²) in [5, 5.41) is 29.2. The molecule has 0 amide bonds. The van der Waals surface area contributed by atoms with Crippen molar-refractivity contribution in [1.29, 1.82) is 0 Å². The molecule has 1 rings (SSSR count). The second kappa shape index (κ2) is 9.22. The van der Waals surface area contributed by atoms with E-state index in [-0.39, 0.29) is 36.1 Å². The molecule has 0 spiro atoms. The lowest BCUT2D eigenvalue weighted by Crippen LogP contribution is -2.54. The number of nitrogens with one attached hydrogen (secondary N) is 1. The Bertz CT molecular complexity index is 661. The molecule has 136 valence electrons. The first-order valence-corrected chi connectivity index (χ1v) is 7.45. The van der Waals surface area contributed by atoms with Crippen LogP contribution in [0.15, 0.2) is 29.3 Å². The van der Waals surface area contributed by atoms with Gasteiger partial charge in [-0.25, -0.2) is 20.3 Å². The number of carboxylic acid groups (broad SMARTS) is 1. The Morgan fingerprint density at radius 3 is 2.48 bits per heavy atom. The average Bonchev–Trinajstić information content (AvgIpc) is 2.53. The number of hydrogen-bond donors (Lipinski definition) is 5. The largest absolute Gasteiger partial charge is 0.508 e. The summed E-state index contributed by atoms with van der Waals surface area (Å²) < 4.78 is 0. The molecule has 0 aliphatic rings. The van der Waals surface area contributed by atoms with Crippen LogP contribution in [0.4, 0.5) is 0 Å². The van der Waals surface area contributed by atoms with Crippen molar-refractivity contribution >= 4 is 29.1 Å². The number of nitrogens with two attached hydrogens (primary N) is 2. The fourth-order valence-corrected chi connectivity index (χ4v) is 2.09. The fourth-order valence-electron chi connectivity index (χ4n) is 1.86. The molecule has 11 nitrogen and oxygen atoms in total. The number of rotatable bonds is 9. The van der Waals surface area contributed by atoms with Gasteiger partial charge in [-0.05, 0) is 42.2 Å². The topological polar surface area (TPSA) is 180 Å². The lowest BCUT2D eigenvalue weighted by Gasteiger charge is -2.22. The Labute approximate surface area is 148 Å². The number of benzene rings is 1. The molecule has 0 saturated carbocycles. The van der Waals surface area contributed by atoms with E-state index in [0.717, 1.165) is 0 Å². The van der Waals surface area contributed by atoms with Crippen molar-refractivity contribution in [3.05, 3.63) is 39.9 Å². The number of carboxylic acids is 1. The highest BCUT2D eigenvalue weighted by atomic mass is 32.1. The third kappa shape index (κ3) is 6.47. The van der Waals surface area contributed by atoms with Crippen molar-refractivity contribution in [3.63, 3.8) is 0 Å². The molecular formula is C13H18N6O5S. The first kappa shape index (κ1) is 19.9. The molecule has 0 radical (unpaired) electrons. The molecule has 1 aromatic carbocycles. The Kier molecular flexibility index (Phi) is 7.34. The molecule has 25 heavy (non-hydrogen) atoms. The van der Waals surface area contributed by atoms with Crippen LogP contribution < -0.4 is 16.9 Å². The van der Waals surface area contributed by atoms with E-state index < -0.39 is 17.0 Å². The maximum atomic E-state index is 11.4. The van der Waals surface area contributed by atoms with Gasteiger partial charge < -0.3 is 21.7 Å². The number of nitro groups is 1. The molecule has 1 atom stereocenters.